The zero-order valence-corrected chi connectivity index (χ0v) is 47.0. The van der Waals surface area contributed by atoms with E-state index in [0.717, 1.165) is 36.3 Å². The van der Waals surface area contributed by atoms with E-state index in [1.54, 1.807) is 36.4 Å². The number of hydrogen-bond acceptors (Lipinski definition) is 14. The smallest absolute Gasteiger partial charge is 0.306 e. The van der Waals surface area contributed by atoms with Gasteiger partial charge in [0.05, 0.1) is 23.3 Å². The third kappa shape index (κ3) is 17.5. The maximum Gasteiger partial charge on any atom is 0.306 e. The van der Waals surface area contributed by atoms with Crippen molar-refractivity contribution in [3.8, 4) is 0 Å². The van der Waals surface area contributed by atoms with Crippen molar-refractivity contribution in [1.82, 2.24) is 30.3 Å². The van der Waals surface area contributed by atoms with Gasteiger partial charge in [-0.2, -0.15) is 11.8 Å². The van der Waals surface area contributed by atoms with Gasteiger partial charge in [0, 0.05) is 75.5 Å². The number of carbonyl (C=O) groups is 9. The number of ether oxygens (including phenoxy) is 1. The lowest BCUT2D eigenvalue weighted by molar-refractivity contribution is -0.152. The molecule has 4 rings (SSSR count). The summed E-state index contributed by atoms with van der Waals surface area (Å²) in [6.07, 6.45) is 7.10. The number of carbonyl (C=O) groups excluding carboxylic acids is 8. The number of Topliss-reactive ketones (excluding diaryl/α,β-unsaturated/α-hetero) is 2. The highest BCUT2D eigenvalue weighted by atomic mass is 32.2. The summed E-state index contributed by atoms with van der Waals surface area (Å²) in [6.45, 7) is 14.5. The summed E-state index contributed by atoms with van der Waals surface area (Å²) in [7, 11) is 3.71. The number of likely N-dealkylation sites (N-methyl/N-ethyl adjacent to an activating group) is 1. The first-order chi connectivity index (χ1) is 35.0. The van der Waals surface area contributed by atoms with E-state index in [0.29, 0.717) is 49.2 Å². The lowest BCUT2D eigenvalue weighted by atomic mass is 9.80. The first kappa shape index (κ1) is 61.5. The molecule has 17 nitrogen and oxygen atoms in total. The van der Waals surface area contributed by atoms with Gasteiger partial charge in [-0.15, -0.1) is 11.3 Å². The number of rotatable bonds is 32. The van der Waals surface area contributed by atoms with Crippen LogP contribution in [0.15, 0.2) is 29.6 Å². The average molecular weight is 1070 g/mol. The SMILES string of the molecule is CCCC(=O)O[C@H](C[C@H](C(C)C)N(C)C(=O)[C@@H](CC(=O)[C@@]1(C)CCCN1C)[C@@H](C)CC)c1nc(C(=O)N[C@@H](Cc2ccc(CC(=O)CNC(=O)CCCCCN3C(=O)CC(SC)C3=O)cc2)C[C@H](C)C(=O)O)cs1. The van der Waals surface area contributed by atoms with Gasteiger partial charge in [0.15, 0.2) is 17.7 Å². The van der Waals surface area contributed by atoms with Crippen molar-refractivity contribution >= 4 is 76.1 Å². The molecular formula is C55H82N6O11S2. The molecule has 74 heavy (non-hydrogen) atoms. The second kappa shape index (κ2) is 29.3. The highest BCUT2D eigenvalue weighted by molar-refractivity contribution is 8.00. The van der Waals surface area contributed by atoms with E-state index in [1.807, 2.05) is 67.0 Å². The number of aliphatic carboxylic acids is 1. The van der Waals surface area contributed by atoms with Gasteiger partial charge < -0.3 is 25.4 Å². The Labute approximate surface area is 446 Å². The van der Waals surface area contributed by atoms with Crippen LogP contribution in [0.2, 0.25) is 0 Å². The van der Waals surface area contributed by atoms with Crippen molar-refractivity contribution in [2.24, 2.45) is 23.7 Å². The van der Waals surface area contributed by atoms with Crippen molar-refractivity contribution < 1.29 is 53.0 Å². The molecule has 3 N–H and O–H groups in total. The molecule has 1 unspecified atom stereocenters. The number of nitrogens with zero attached hydrogens (tertiary/aromatic N) is 4. The van der Waals surface area contributed by atoms with Gasteiger partial charge in [-0.1, -0.05) is 78.6 Å². The number of amides is 5. The number of unbranched alkanes of at least 4 members (excludes halogenated alkanes) is 2. The molecule has 0 aliphatic carbocycles. The van der Waals surface area contributed by atoms with Gasteiger partial charge in [-0.3, -0.25) is 53.0 Å². The van der Waals surface area contributed by atoms with Crippen LogP contribution in [0, 0.1) is 23.7 Å². The molecule has 0 bridgehead atoms. The van der Waals surface area contributed by atoms with E-state index < -0.39 is 53.4 Å². The second-order valence-electron chi connectivity index (χ2n) is 21.0. The number of thioether (sulfide) groups is 1. The van der Waals surface area contributed by atoms with E-state index in [2.05, 4.69) is 20.5 Å². The summed E-state index contributed by atoms with van der Waals surface area (Å²) in [5, 5.41) is 17.1. The molecule has 0 saturated carbocycles. The summed E-state index contributed by atoms with van der Waals surface area (Å²) in [5.41, 5.74) is 0.961. The molecule has 2 saturated heterocycles. The quantitative estimate of drug-likeness (QED) is 0.0373. The van der Waals surface area contributed by atoms with E-state index in [4.69, 9.17) is 4.74 Å². The van der Waals surface area contributed by atoms with Crippen LogP contribution in [-0.2, 0) is 55.9 Å². The summed E-state index contributed by atoms with van der Waals surface area (Å²) in [4.78, 5) is 127. The molecule has 3 heterocycles. The first-order valence-corrected chi connectivity index (χ1v) is 28.6. The molecule has 2 fully saturated rings. The van der Waals surface area contributed by atoms with Crippen molar-refractivity contribution in [3.05, 3.63) is 51.5 Å². The number of imide groups is 1. The highest BCUT2D eigenvalue weighted by Crippen LogP contribution is 2.35. The minimum absolute atomic E-state index is 0.0566. The van der Waals surface area contributed by atoms with Gasteiger partial charge in [0.25, 0.3) is 5.91 Å². The lowest BCUT2D eigenvalue weighted by Crippen LogP contribution is -2.50. The fourth-order valence-corrected chi connectivity index (χ4v) is 11.3. The third-order valence-corrected chi connectivity index (χ3v) is 16.9. The Balaban J connectivity index is 1.39. The number of likely N-dealkylation sites (tertiary alicyclic amines) is 2. The molecule has 2 aliphatic rings. The van der Waals surface area contributed by atoms with Crippen LogP contribution in [0.4, 0.5) is 0 Å². The van der Waals surface area contributed by atoms with Crippen LogP contribution >= 0.6 is 23.1 Å². The van der Waals surface area contributed by atoms with Gasteiger partial charge in [0.1, 0.15) is 10.7 Å². The van der Waals surface area contributed by atoms with Crippen LogP contribution < -0.4 is 10.6 Å². The normalized spacial score (nSPS) is 19.4. The van der Waals surface area contributed by atoms with E-state index in [9.17, 15) is 48.3 Å². The number of thiazole rings is 1. The topological polar surface area (TPSA) is 230 Å². The summed E-state index contributed by atoms with van der Waals surface area (Å²) >= 11 is 2.53. The molecule has 0 spiro atoms. The Morgan fingerprint density at radius 1 is 0.986 bits per heavy atom. The fourth-order valence-electron chi connectivity index (χ4n) is 9.81. The number of nitrogens with one attached hydrogen (secondary N) is 2. The third-order valence-electron chi connectivity index (χ3n) is 15.0. The number of ketones is 2. The highest BCUT2D eigenvalue weighted by Gasteiger charge is 2.44. The number of hydrogen-bond donors (Lipinski definition) is 3. The maximum atomic E-state index is 14.5. The largest absolute Gasteiger partial charge is 0.481 e. The van der Waals surface area contributed by atoms with Crippen LogP contribution in [0.5, 0.6) is 0 Å². The molecular weight excluding hydrogens is 985 g/mol. The number of aromatic nitrogens is 1. The van der Waals surface area contributed by atoms with Crippen LogP contribution in [0.3, 0.4) is 0 Å². The Hall–Kier alpha value is -5.01. The fraction of sp³-hybridized carbons (Fsp3) is 0.673. The van der Waals surface area contributed by atoms with E-state index in [-0.39, 0.29) is 116 Å². The summed E-state index contributed by atoms with van der Waals surface area (Å²) in [5.74, 6) is -4.29. The molecule has 410 valence electrons. The van der Waals surface area contributed by atoms with Crippen molar-refractivity contribution in [3.63, 3.8) is 0 Å². The van der Waals surface area contributed by atoms with Crippen LogP contribution in [0.25, 0.3) is 0 Å². The number of carboxylic acid groups (broad SMARTS) is 1. The van der Waals surface area contributed by atoms with Crippen LogP contribution in [-0.4, -0.2) is 141 Å². The minimum Gasteiger partial charge on any atom is -0.481 e. The molecule has 1 aromatic heterocycles. The Kier molecular flexibility index (Phi) is 24.4. The van der Waals surface area contributed by atoms with Gasteiger partial charge >= 0.3 is 11.9 Å². The predicted molar refractivity (Wildman–Crippen MR) is 286 cm³/mol. The molecule has 0 radical (unpaired) electrons. The van der Waals surface area contributed by atoms with Gasteiger partial charge in [-0.25, -0.2) is 4.98 Å². The Bertz CT molecular complexity index is 2270. The average Bonchev–Trinajstić information content (AvgIpc) is 4.07. The maximum absolute atomic E-state index is 14.5. The molecule has 2 aliphatic heterocycles. The summed E-state index contributed by atoms with van der Waals surface area (Å²) < 4.78 is 6.07. The Morgan fingerprint density at radius 3 is 2.27 bits per heavy atom. The monoisotopic (exact) mass is 1070 g/mol. The number of benzene rings is 1. The van der Waals surface area contributed by atoms with Crippen molar-refractivity contribution in [2.75, 3.05) is 40.0 Å². The predicted octanol–water partition coefficient (Wildman–Crippen LogP) is 7.24. The molecule has 5 amide bonds. The second-order valence-corrected chi connectivity index (χ2v) is 22.9. The molecule has 1 aromatic carbocycles. The minimum atomic E-state index is -1.02. The van der Waals surface area contributed by atoms with Gasteiger partial charge in [0.2, 0.25) is 23.6 Å². The zero-order chi connectivity index (χ0) is 54.9. The number of carboxylic acids is 1. The van der Waals surface area contributed by atoms with Crippen molar-refractivity contribution in [1.29, 1.82) is 0 Å². The van der Waals surface area contributed by atoms with Crippen molar-refractivity contribution in [2.45, 2.75) is 174 Å². The lowest BCUT2D eigenvalue weighted by Gasteiger charge is -2.38. The van der Waals surface area contributed by atoms with E-state index >= 15 is 0 Å². The number of esters is 1. The molecule has 8 atom stereocenters. The standard InChI is InChI=1S/C55H82N6O11S2/c1-11-17-49(66)72-44(30-43(34(3)4)60(9)52(68)41(35(5)12-2)29-46(63)55(7)23-16-24-59(55)8)51-58-42(33-74-51)50(67)57-39(26-36(6)54(70)71)27-37-19-21-38(22-20-37)28-40(62)32-56-47(64)18-14-13-15-25-61-48(65)31-45(73-10)53(61)69/h19-22,33-36,39,41,43-45H,11-18,23-32H2,1-10H3,(H,56,64)(H,57,67)(H,70,71)/t35-,36-,39+,41-,43+,44+,45?,55+/m0/s1. The van der Waals surface area contributed by atoms with Crippen LogP contribution in [0.1, 0.15) is 165 Å². The van der Waals surface area contributed by atoms with Gasteiger partial charge in [-0.05, 0) is 94.7 Å². The Morgan fingerprint density at radius 2 is 1.68 bits per heavy atom. The zero-order valence-electron chi connectivity index (χ0n) is 45.4. The van der Waals surface area contributed by atoms with E-state index in [1.165, 1.54) is 16.7 Å². The molecule has 2 aromatic rings. The summed E-state index contributed by atoms with van der Waals surface area (Å²) in [6, 6.07) is 6.16. The molecule has 19 heteroatoms. The first-order valence-electron chi connectivity index (χ1n) is 26.5.